The Morgan fingerprint density at radius 3 is 2.32 bits per heavy atom. The highest BCUT2D eigenvalue weighted by atomic mass is 35.5. The Kier molecular flexibility index (Phi) is 15.8. The van der Waals surface area contributed by atoms with Crippen molar-refractivity contribution in [2.45, 2.75) is 76.0 Å². The molecule has 2 aromatic carbocycles. The minimum atomic E-state index is -1.20. The number of ether oxygens (including phenoxy) is 2. The Hall–Kier alpha value is -3.52. The number of aryl methyl sites for hydroxylation is 1. The summed E-state index contributed by atoms with van der Waals surface area (Å²) in [7, 11) is 1.32. The quantitative estimate of drug-likeness (QED) is 0.138. The average Bonchev–Trinajstić information content (AvgIpc) is 3.71. The average molecular weight is 694 g/mol. The molecule has 14 heteroatoms. The number of benzene rings is 2. The molecule has 1 saturated heterocycles. The molecule has 2 amide bonds. The lowest BCUT2D eigenvalue weighted by atomic mass is 10.0. The monoisotopic (exact) mass is 692 g/mol. The van der Waals surface area contributed by atoms with Gasteiger partial charge in [-0.3, -0.25) is 14.9 Å². The minimum Gasteiger partial charge on any atom is -0.467 e. The number of methoxy groups -OCH3 is 1. The molecule has 258 valence electrons. The topological polar surface area (TPSA) is 161 Å². The number of aliphatic hydroxyl groups excluding tert-OH is 1. The molecule has 12 nitrogen and oxygen atoms in total. The normalized spacial score (nSPS) is 16.3. The van der Waals surface area contributed by atoms with Crippen LogP contribution < -0.4 is 16.4 Å². The Balaban J connectivity index is 0.00000384. The van der Waals surface area contributed by atoms with Crippen LogP contribution in [0.4, 0.5) is 5.82 Å². The van der Waals surface area contributed by atoms with Gasteiger partial charge in [0.25, 0.3) is 0 Å². The van der Waals surface area contributed by atoms with Crippen molar-refractivity contribution in [2.75, 3.05) is 25.6 Å². The molecule has 0 aliphatic carbocycles. The lowest BCUT2D eigenvalue weighted by molar-refractivity contribution is -0.152. The van der Waals surface area contributed by atoms with Gasteiger partial charge in [0.15, 0.2) is 5.82 Å². The van der Waals surface area contributed by atoms with Crippen LogP contribution in [0.15, 0.2) is 73.2 Å². The molecule has 0 bridgehead atoms. The van der Waals surface area contributed by atoms with Crippen LogP contribution in [0, 0.1) is 0 Å². The number of nitrogens with zero attached hydrogens (tertiary/aromatic N) is 3. The molecule has 3 aromatic rings. The van der Waals surface area contributed by atoms with E-state index >= 15 is 0 Å². The van der Waals surface area contributed by atoms with Crippen molar-refractivity contribution in [1.82, 2.24) is 19.8 Å². The standard InChI is InChI=1S/C33H44N6O6.2ClH/c1-33(2,34)32(43)36-25(21-45-20-24-13-8-5-9-14-24)29(40)37-28-19-38(22-35-28)26(17-16-23-11-6-4-7-12-23)30(41)39-18-10-15-27(39)31(42)44-3;;/h4-9,11-14,19,22,25-27,32,36,43H,10,15-18,20-21,34H2,1-3H3,(H,37,40);2*1H/t25-,26?,27+,32-;;/m1../s1. The largest absolute Gasteiger partial charge is 0.467 e. The SMILES string of the molecule is COC(=O)[C@@H]1CCCN1C(=O)C(CCc1ccccc1)n1cnc(NC(=O)[C@@H](COCc2ccccc2)N[C@H](O)C(C)(C)N)c1.Cl.Cl. The number of imidazole rings is 1. The number of rotatable bonds is 15. The third-order valence-electron chi connectivity index (χ3n) is 7.83. The summed E-state index contributed by atoms with van der Waals surface area (Å²) >= 11 is 0. The number of aromatic nitrogens is 2. The van der Waals surface area contributed by atoms with E-state index in [4.69, 9.17) is 15.2 Å². The molecule has 4 atom stereocenters. The maximum atomic E-state index is 13.9. The molecule has 0 radical (unpaired) electrons. The van der Waals surface area contributed by atoms with E-state index in [-0.39, 0.29) is 49.8 Å². The molecule has 0 saturated carbocycles. The van der Waals surface area contributed by atoms with Crippen molar-refractivity contribution in [1.29, 1.82) is 0 Å². The van der Waals surface area contributed by atoms with Gasteiger partial charge in [-0.05, 0) is 50.7 Å². The third-order valence-corrected chi connectivity index (χ3v) is 7.83. The van der Waals surface area contributed by atoms with Gasteiger partial charge in [0.2, 0.25) is 11.8 Å². The van der Waals surface area contributed by atoms with Gasteiger partial charge in [0, 0.05) is 18.3 Å². The molecule has 1 fully saturated rings. The number of likely N-dealkylation sites (tertiary alicyclic amines) is 1. The molecular weight excluding hydrogens is 647 g/mol. The fraction of sp³-hybridized carbons (Fsp3) is 0.455. The van der Waals surface area contributed by atoms with E-state index in [0.29, 0.717) is 32.2 Å². The molecule has 1 aliphatic rings. The number of aliphatic hydroxyl groups is 1. The zero-order valence-corrected chi connectivity index (χ0v) is 28.5. The van der Waals surface area contributed by atoms with Crippen LogP contribution in [0.2, 0.25) is 0 Å². The number of hydrogen-bond acceptors (Lipinski definition) is 9. The van der Waals surface area contributed by atoms with Crippen molar-refractivity contribution < 1.29 is 29.0 Å². The Morgan fingerprint density at radius 1 is 1.06 bits per heavy atom. The van der Waals surface area contributed by atoms with Gasteiger partial charge < -0.3 is 35.1 Å². The summed E-state index contributed by atoms with van der Waals surface area (Å²) in [4.78, 5) is 45.7. The van der Waals surface area contributed by atoms with Crippen molar-refractivity contribution in [3.05, 3.63) is 84.3 Å². The first-order valence-corrected chi connectivity index (χ1v) is 15.2. The molecule has 1 unspecified atom stereocenters. The van der Waals surface area contributed by atoms with E-state index in [1.54, 1.807) is 29.5 Å². The molecule has 1 aliphatic heterocycles. The van der Waals surface area contributed by atoms with Gasteiger partial charge in [-0.25, -0.2) is 9.78 Å². The number of hydrogen-bond donors (Lipinski definition) is 4. The fourth-order valence-corrected chi connectivity index (χ4v) is 5.21. The second-order valence-electron chi connectivity index (χ2n) is 11.9. The lowest BCUT2D eigenvalue weighted by Crippen LogP contribution is -2.59. The van der Waals surface area contributed by atoms with Crippen LogP contribution in [0.3, 0.4) is 0 Å². The first-order chi connectivity index (χ1) is 21.6. The van der Waals surface area contributed by atoms with Gasteiger partial charge in [-0.1, -0.05) is 60.7 Å². The van der Waals surface area contributed by atoms with E-state index in [9.17, 15) is 19.5 Å². The van der Waals surface area contributed by atoms with Crippen molar-refractivity contribution in [3.8, 4) is 0 Å². The smallest absolute Gasteiger partial charge is 0.328 e. The first kappa shape index (κ1) is 39.7. The van der Waals surface area contributed by atoms with E-state index in [0.717, 1.165) is 11.1 Å². The number of nitrogens with one attached hydrogen (secondary N) is 2. The first-order valence-electron chi connectivity index (χ1n) is 15.2. The van der Waals surface area contributed by atoms with E-state index in [1.807, 2.05) is 60.7 Å². The molecule has 47 heavy (non-hydrogen) atoms. The number of carbonyl (C=O) groups is 3. The van der Waals surface area contributed by atoms with Gasteiger partial charge in [0.05, 0.1) is 26.7 Å². The summed E-state index contributed by atoms with van der Waals surface area (Å²) in [5, 5.41) is 16.2. The van der Waals surface area contributed by atoms with Gasteiger partial charge in [-0.2, -0.15) is 0 Å². The van der Waals surface area contributed by atoms with Crippen molar-refractivity contribution in [2.24, 2.45) is 5.73 Å². The molecule has 2 heterocycles. The molecule has 5 N–H and O–H groups in total. The molecule has 4 rings (SSSR count). The lowest BCUT2D eigenvalue weighted by Gasteiger charge is -2.30. The molecule has 1 aromatic heterocycles. The highest BCUT2D eigenvalue weighted by Gasteiger charge is 2.38. The summed E-state index contributed by atoms with van der Waals surface area (Å²) in [5.41, 5.74) is 7.04. The number of halogens is 2. The number of anilines is 1. The fourth-order valence-electron chi connectivity index (χ4n) is 5.21. The van der Waals surface area contributed by atoms with Crippen LogP contribution in [0.5, 0.6) is 0 Å². The third kappa shape index (κ3) is 11.3. The van der Waals surface area contributed by atoms with Crippen LogP contribution in [-0.2, 0) is 36.9 Å². The van der Waals surface area contributed by atoms with Crippen LogP contribution in [0.1, 0.15) is 50.3 Å². The summed E-state index contributed by atoms with van der Waals surface area (Å²) in [6, 6.07) is 17.1. The van der Waals surface area contributed by atoms with Crippen molar-refractivity contribution in [3.63, 3.8) is 0 Å². The number of nitrogens with two attached hydrogens (primary N) is 1. The van der Waals surface area contributed by atoms with Gasteiger partial charge in [-0.15, -0.1) is 24.8 Å². The maximum absolute atomic E-state index is 13.9. The number of amides is 2. The van der Waals surface area contributed by atoms with Crippen LogP contribution >= 0.6 is 24.8 Å². The second kappa shape index (κ2) is 18.7. The zero-order valence-electron chi connectivity index (χ0n) is 26.9. The molecular formula is C33H46Cl2N6O6. The zero-order chi connectivity index (χ0) is 32.4. The summed E-state index contributed by atoms with van der Waals surface area (Å²) in [6.07, 6.45) is 4.21. The highest BCUT2D eigenvalue weighted by Crippen LogP contribution is 2.26. The minimum absolute atomic E-state index is 0. The Bertz CT molecular complexity index is 1410. The number of esters is 1. The van der Waals surface area contributed by atoms with Crippen molar-refractivity contribution >= 4 is 48.4 Å². The summed E-state index contributed by atoms with van der Waals surface area (Å²) < 4.78 is 12.4. The second-order valence-corrected chi connectivity index (χ2v) is 11.9. The van der Waals surface area contributed by atoms with Gasteiger partial charge in [0.1, 0.15) is 24.4 Å². The maximum Gasteiger partial charge on any atom is 0.328 e. The Morgan fingerprint density at radius 2 is 1.70 bits per heavy atom. The summed E-state index contributed by atoms with van der Waals surface area (Å²) in [6.45, 7) is 3.97. The molecule has 0 spiro atoms. The van der Waals surface area contributed by atoms with Gasteiger partial charge >= 0.3 is 5.97 Å². The summed E-state index contributed by atoms with van der Waals surface area (Å²) in [5.74, 6) is -0.915. The predicted molar refractivity (Wildman–Crippen MR) is 183 cm³/mol. The van der Waals surface area contributed by atoms with Crippen LogP contribution in [0.25, 0.3) is 0 Å². The van der Waals surface area contributed by atoms with Crippen LogP contribution in [-0.4, -0.2) is 81.5 Å². The Labute approximate surface area is 288 Å². The predicted octanol–water partition coefficient (Wildman–Crippen LogP) is 3.23. The van der Waals surface area contributed by atoms with E-state index < -0.39 is 41.8 Å². The van der Waals surface area contributed by atoms with E-state index in [2.05, 4.69) is 15.6 Å². The number of carbonyl (C=O) groups excluding carboxylic acids is 3. The highest BCUT2D eigenvalue weighted by molar-refractivity contribution is 5.94. The van der Waals surface area contributed by atoms with E-state index in [1.165, 1.54) is 13.4 Å².